The van der Waals surface area contributed by atoms with Crippen molar-refractivity contribution in [2.24, 2.45) is 7.05 Å². The molecule has 0 amide bonds. The first kappa shape index (κ1) is 14.8. The zero-order valence-electron chi connectivity index (χ0n) is 11.9. The lowest BCUT2D eigenvalue weighted by Gasteiger charge is -2.15. The number of aromatic nitrogens is 2. The number of carbonyl (C=O) groups is 2. The summed E-state index contributed by atoms with van der Waals surface area (Å²) >= 11 is 0. The van der Waals surface area contributed by atoms with Gasteiger partial charge in [0.25, 0.3) is 0 Å². The molecule has 0 N–H and O–H groups in total. The molecule has 0 bridgehead atoms. The highest BCUT2D eigenvalue weighted by Crippen LogP contribution is 2.19. The second-order valence-corrected chi connectivity index (χ2v) is 4.56. The van der Waals surface area contributed by atoms with Crippen molar-refractivity contribution in [2.75, 3.05) is 7.11 Å². The summed E-state index contributed by atoms with van der Waals surface area (Å²) < 4.78 is 13.4. The first-order chi connectivity index (χ1) is 10.1. The molecular weight excluding hydrogens is 272 g/mol. The number of nitrogens with zero attached hydrogens (tertiary/aromatic N) is 2. The molecule has 0 fully saturated rings. The van der Waals surface area contributed by atoms with Gasteiger partial charge in [-0.3, -0.25) is 0 Å². The molecule has 0 unspecified atom stereocenters. The van der Waals surface area contributed by atoms with Gasteiger partial charge in [0, 0.05) is 5.56 Å². The molecule has 0 aliphatic rings. The van der Waals surface area contributed by atoms with Crippen molar-refractivity contribution in [3.05, 3.63) is 54.6 Å². The Balaban J connectivity index is 2.08. The number of aryl methyl sites for hydroxylation is 1. The van der Waals surface area contributed by atoms with Crippen molar-refractivity contribution in [1.29, 1.82) is 0 Å². The van der Waals surface area contributed by atoms with Crippen LogP contribution in [-0.4, -0.2) is 23.6 Å². The molecule has 21 heavy (non-hydrogen) atoms. The molecule has 0 saturated heterocycles. The van der Waals surface area contributed by atoms with Gasteiger partial charge in [-0.1, -0.05) is 30.3 Å². The van der Waals surface area contributed by atoms with E-state index >= 15 is 0 Å². The Morgan fingerprint density at radius 1 is 1.29 bits per heavy atom. The van der Waals surface area contributed by atoms with E-state index in [1.54, 1.807) is 41.4 Å². The molecule has 110 valence electrons. The van der Waals surface area contributed by atoms with Gasteiger partial charge >= 0.3 is 11.9 Å². The largest absolute Gasteiger partial charge is 0.466 e. The van der Waals surface area contributed by atoms with E-state index in [2.05, 4.69) is 0 Å². The highest BCUT2D eigenvalue weighted by Gasteiger charge is 2.26. The Bertz CT molecular complexity index is 622. The average molecular weight is 289 g/mol. The van der Waals surface area contributed by atoms with Gasteiger partial charge in [-0.05, 0) is 0 Å². The monoisotopic (exact) mass is 289 g/mol. The molecule has 2 aromatic rings. The number of hydrogen-bond acceptors (Lipinski definition) is 4. The SMILES string of the molecule is COC(=O)[C@H](OC(=O)Cn1cc[n+](C)c1)c1ccccc1. The fourth-order valence-electron chi connectivity index (χ4n) is 1.90. The van der Waals surface area contributed by atoms with Crippen LogP contribution in [0.5, 0.6) is 0 Å². The van der Waals surface area contributed by atoms with Crippen LogP contribution in [0.3, 0.4) is 0 Å². The topological polar surface area (TPSA) is 61.4 Å². The average Bonchev–Trinajstić information content (AvgIpc) is 2.90. The minimum Gasteiger partial charge on any atom is -0.466 e. The maximum absolute atomic E-state index is 12.0. The van der Waals surface area contributed by atoms with Crippen LogP contribution in [0.2, 0.25) is 0 Å². The van der Waals surface area contributed by atoms with Crippen molar-refractivity contribution >= 4 is 11.9 Å². The van der Waals surface area contributed by atoms with Crippen LogP contribution in [0.4, 0.5) is 0 Å². The lowest BCUT2D eigenvalue weighted by molar-refractivity contribution is -0.671. The molecule has 6 heteroatoms. The first-order valence-electron chi connectivity index (χ1n) is 6.43. The normalized spacial score (nSPS) is 11.7. The van der Waals surface area contributed by atoms with Gasteiger partial charge in [-0.2, -0.15) is 0 Å². The molecule has 0 aliphatic heterocycles. The van der Waals surface area contributed by atoms with E-state index < -0.39 is 18.0 Å². The van der Waals surface area contributed by atoms with Crippen LogP contribution in [0.15, 0.2) is 49.1 Å². The summed E-state index contributed by atoms with van der Waals surface area (Å²) in [7, 11) is 3.11. The highest BCUT2D eigenvalue weighted by molar-refractivity contribution is 5.80. The van der Waals surface area contributed by atoms with Crippen LogP contribution < -0.4 is 4.57 Å². The molecule has 2 rings (SSSR count). The lowest BCUT2D eigenvalue weighted by Crippen LogP contribution is -2.26. The molecule has 6 nitrogen and oxygen atoms in total. The quantitative estimate of drug-likeness (QED) is 0.602. The number of carbonyl (C=O) groups excluding carboxylic acids is 2. The molecule has 0 aliphatic carbocycles. The maximum Gasteiger partial charge on any atom is 0.351 e. The Kier molecular flexibility index (Phi) is 4.71. The number of methoxy groups -OCH3 is 1. The number of hydrogen-bond donors (Lipinski definition) is 0. The number of esters is 2. The second kappa shape index (κ2) is 6.69. The number of ether oxygens (including phenoxy) is 2. The third-order valence-electron chi connectivity index (χ3n) is 2.90. The molecule has 0 saturated carbocycles. The summed E-state index contributed by atoms with van der Waals surface area (Å²) in [4.78, 5) is 23.8. The van der Waals surface area contributed by atoms with Crippen molar-refractivity contribution in [2.45, 2.75) is 12.6 Å². The van der Waals surface area contributed by atoms with E-state index in [0.717, 1.165) is 0 Å². The predicted molar refractivity (Wildman–Crippen MR) is 72.9 cm³/mol. The molecule has 1 heterocycles. The van der Waals surface area contributed by atoms with Gasteiger partial charge < -0.3 is 9.47 Å². The maximum atomic E-state index is 12.0. The van der Waals surface area contributed by atoms with Gasteiger partial charge in [-0.25, -0.2) is 18.7 Å². The number of imidazole rings is 1. The zero-order valence-corrected chi connectivity index (χ0v) is 11.9. The van der Waals surface area contributed by atoms with Crippen molar-refractivity contribution < 1.29 is 23.6 Å². The minimum absolute atomic E-state index is 0.0289. The van der Waals surface area contributed by atoms with Crippen LogP contribution >= 0.6 is 0 Å². The predicted octanol–water partition coefficient (Wildman–Crippen LogP) is 0.770. The van der Waals surface area contributed by atoms with Crippen LogP contribution in [0.25, 0.3) is 0 Å². The van der Waals surface area contributed by atoms with E-state index in [1.807, 2.05) is 23.9 Å². The Morgan fingerprint density at radius 3 is 2.57 bits per heavy atom. The molecule has 0 spiro atoms. The van der Waals surface area contributed by atoms with E-state index in [-0.39, 0.29) is 6.54 Å². The Labute approximate surface area is 122 Å². The van der Waals surface area contributed by atoms with Gasteiger partial charge in [-0.15, -0.1) is 0 Å². The van der Waals surface area contributed by atoms with E-state index in [4.69, 9.17) is 9.47 Å². The zero-order chi connectivity index (χ0) is 15.2. The third-order valence-corrected chi connectivity index (χ3v) is 2.90. The summed E-state index contributed by atoms with van der Waals surface area (Å²) in [5.41, 5.74) is 0.579. The summed E-state index contributed by atoms with van der Waals surface area (Å²) in [6.45, 7) is 0.0289. The van der Waals surface area contributed by atoms with Crippen LogP contribution in [0.1, 0.15) is 11.7 Å². The van der Waals surface area contributed by atoms with Crippen LogP contribution in [0, 0.1) is 0 Å². The van der Waals surface area contributed by atoms with Crippen molar-refractivity contribution in [3.63, 3.8) is 0 Å². The minimum atomic E-state index is -1.05. The van der Waals surface area contributed by atoms with Gasteiger partial charge in [0.1, 0.15) is 12.4 Å². The molecule has 1 aromatic carbocycles. The third kappa shape index (κ3) is 3.92. The van der Waals surface area contributed by atoms with E-state index in [9.17, 15) is 9.59 Å². The fourth-order valence-corrected chi connectivity index (χ4v) is 1.90. The Hall–Kier alpha value is -2.63. The molecular formula is C15H17N2O4+. The lowest BCUT2D eigenvalue weighted by atomic mass is 10.1. The summed E-state index contributed by atoms with van der Waals surface area (Å²) in [6, 6.07) is 8.78. The molecule has 1 atom stereocenters. The fraction of sp³-hybridized carbons (Fsp3) is 0.267. The number of rotatable bonds is 5. The number of benzene rings is 1. The first-order valence-corrected chi connectivity index (χ1v) is 6.43. The smallest absolute Gasteiger partial charge is 0.351 e. The van der Waals surface area contributed by atoms with Crippen molar-refractivity contribution in [3.8, 4) is 0 Å². The van der Waals surface area contributed by atoms with Gasteiger partial charge in [0.15, 0.2) is 6.54 Å². The van der Waals surface area contributed by atoms with Gasteiger partial charge in [0.2, 0.25) is 12.4 Å². The van der Waals surface area contributed by atoms with Crippen LogP contribution in [-0.2, 0) is 32.7 Å². The van der Waals surface area contributed by atoms with E-state index in [1.165, 1.54) is 7.11 Å². The second-order valence-electron chi connectivity index (χ2n) is 4.56. The van der Waals surface area contributed by atoms with Gasteiger partial charge in [0.05, 0.1) is 14.2 Å². The molecule has 0 radical (unpaired) electrons. The summed E-state index contributed by atoms with van der Waals surface area (Å²) in [6.07, 6.45) is 4.25. The summed E-state index contributed by atoms with van der Waals surface area (Å²) in [5, 5.41) is 0. The highest BCUT2D eigenvalue weighted by atomic mass is 16.6. The van der Waals surface area contributed by atoms with Crippen molar-refractivity contribution in [1.82, 2.24) is 4.57 Å². The summed E-state index contributed by atoms with van der Waals surface area (Å²) in [5.74, 6) is -1.11. The van der Waals surface area contributed by atoms with E-state index in [0.29, 0.717) is 5.56 Å². The molecule has 1 aromatic heterocycles. The Morgan fingerprint density at radius 2 is 2.00 bits per heavy atom. The standard InChI is InChI=1S/C15H17N2O4/c1-16-8-9-17(11-16)10-13(18)21-14(15(19)20-2)12-6-4-3-5-7-12/h3-9,11,14H,10H2,1-2H3/q+1/t14-/m1/s1.